The van der Waals surface area contributed by atoms with Crippen LogP contribution in [0.1, 0.15) is 0 Å². The second kappa shape index (κ2) is 6.50. The largest absolute Gasteiger partial charge is 0.448 e. The Morgan fingerprint density at radius 2 is 1.61 bits per heavy atom. The molecule has 0 spiro atoms. The fraction of sp³-hybridized carbons (Fsp3) is 0. The van der Waals surface area contributed by atoms with Crippen LogP contribution in [0, 0.1) is 10.1 Å². The Labute approximate surface area is 145 Å². The molecule has 122 valence electrons. The smallest absolute Gasteiger partial charge is 0.312 e. The van der Waals surface area contributed by atoms with Gasteiger partial charge in [0, 0.05) is 12.1 Å². The zero-order chi connectivity index (χ0) is 17.4. The molecule has 0 unspecified atom stereocenters. The number of sulfonamides is 1. The molecule has 0 aliphatic carbocycles. The molecular weight excluding hydrogens is 391 g/mol. The number of benzene rings is 2. The minimum Gasteiger partial charge on any atom is -0.448 e. The molecule has 0 bridgehead atoms. The van der Waals surface area contributed by atoms with Crippen LogP contribution < -0.4 is 9.88 Å². The van der Waals surface area contributed by atoms with Gasteiger partial charge in [-0.25, -0.2) is 13.6 Å². The van der Waals surface area contributed by atoms with Crippen molar-refractivity contribution < 1.29 is 18.1 Å². The molecule has 2 N–H and O–H groups in total. The lowest BCUT2D eigenvalue weighted by Gasteiger charge is -2.10. The van der Waals surface area contributed by atoms with Crippen LogP contribution in [0.25, 0.3) is 0 Å². The molecule has 0 aliphatic heterocycles. The third-order valence-electron chi connectivity index (χ3n) is 2.65. The Kier molecular flexibility index (Phi) is 5.02. The third kappa shape index (κ3) is 4.04. The third-order valence-corrected chi connectivity index (χ3v) is 4.58. The molecule has 23 heavy (non-hydrogen) atoms. The average Bonchev–Trinajstić information content (AvgIpc) is 2.43. The first-order valence-corrected chi connectivity index (χ1v) is 8.41. The standard InChI is InChI=1S/C12H7Cl3N2O5S/c13-7-4-9(15)12(5-8(7)14)22-11-2-1-6(23(16,20)21)3-10(11)17(18)19/h1-5H,(H2,16,20,21). The Morgan fingerprint density at radius 3 is 2.17 bits per heavy atom. The first-order valence-electron chi connectivity index (χ1n) is 5.73. The highest BCUT2D eigenvalue weighted by Crippen LogP contribution is 2.39. The van der Waals surface area contributed by atoms with E-state index in [1.807, 2.05) is 0 Å². The van der Waals surface area contributed by atoms with Crippen molar-refractivity contribution in [3.8, 4) is 11.5 Å². The number of ether oxygens (including phenoxy) is 1. The van der Waals surface area contributed by atoms with E-state index in [2.05, 4.69) is 0 Å². The highest BCUT2D eigenvalue weighted by molar-refractivity contribution is 7.89. The van der Waals surface area contributed by atoms with E-state index >= 15 is 0 Å². The summed E-state index contributed by atoms with van der Waals surface area (Å²) in [6, 6.07) is 5.55. The predicted octanol–water partition coefficient (Wildman–Crippen LogP) is 3.99. The summed E-state index contributed by atoms with van der Waals surface area (Å²) in [6.45, 7) is 0. The van der Waals surface area contributed by atoms with Crippen LogP contribution >= 0.6 is 34.8 Å². The molecule has 0 fully saturated rings. The molecule has 2 aromatic carbocycles. The fourth-order valence-electron chi connectivity index (χ4n) is 1.60. The SMILES string of the molecule is NS(=O)(=O)c1ccc(Oc2cc(Cl)c(Cl)cc2Cl)c([N+](=O)[O-])c1. The molecule has 0 radical (unpaired) electrons. The molecule has 0 heterocycles. The Hall–Kier alpha value is -1.58. The monoisotopic (exact) mass is 396 g/mol. The van der Waals surface area contributed by atoms with E-state index in [0.29, 0.717) is 0 Å². The van der Waals surface area contributed by atoms with Crippen LogP contribution in [-0.4, -0.2) is 13.3 Å². The average molecular weight is 398 g/mol. The number of primary sulfonamides is 1. The number of nitrogens with two attached hydrogens (primary N) is 1. The summed E-state index contributed by atoms with van der Waals surface area (Å²) in [5.41, 5.74) is -0.598. The van der Waals surface area contributed by atoms with Gasteiger partial charge in [-0.15, -0.1) is 0 Å². The number of hydrogen-bond acceptors (Lipinski definition) is 5. The number of rotatable bonds is 4. The van der Waals surface area contributed by atoms with Crippen LogP contribution in [0.5, 0.6) is 11.5 Å². The summed E-state index contributed by atoms with van der Waals surface area (Å²) in [5, 5.41) is 16.4. The highest BCUT2D eigenvalue weighted by Gasteiger charge is 2.21. The summed E-state index contributed by atoms with van der Waals surface area (Å²) >= 11 is 17.6. The summed E-state index contributed by atoms with van der Waals surface area (Å²) in [7, 11) is -4.09. The van der Waals surface area contributed by atoms with Crippen molar-refractivity contribution >= 4 is 50.5 Å². The molecule has 0 atom stereocenters. The van der Waals surface area contributed by atoms with E-state index < -0.39 is 25.5 Å². The van der Waals surface area contributed by atoms with Crippen molar-refractivity contribution in [3.63, 3.8) is 0 Å². The Morgan fingerprint density at radius 1 is 1.00 bits per heavy atom. The zero-order valence-electron chi connectivity index (χ0n) is 11.0. The van der Waals surface area contributed by atoms with Gasteiger partial charge in [-0.3, -0.25) is 10.1 Å². The summed E-state index contributed by atoms with van der Waals surface area (Å²) in [6.07, 6.45) is 0. The Balaban J connectivity index is 2.52. The van der Waals surface area contributed by atoms with Crippen LogP contribution in [0.3, 0.4) is 0 Å². The van der Waals surface area contributed by atoms with E-state index in [1.54, 1.807) is 0 Å². The maximum Gasteiger partial charge on any atom is 0.312 e. The zero-order valence-corrected chi connectivity index (χ0v) is 14.1. The first kappa shape index (κ1) is 17.8. The fourth-order valence-corrected chi connectivity index (χ4v) is 2.71. The van der Waals surface area contributed by atoms with Crippen molar-refractivity contribution in [2.75, 3.05) is 0 Å². The van der Waals surface area contributed by atoms with Gasteiger partial charge in [0.2, 0.25) is 15.8 Å². The van der Waals surface area contributed by atoms with E-state index in [0.717, 1.165) is 18.2 Å². The van der Waals surface area contributed by atoms with E-state index in [4.69, 9.17) is 44.7 Å². The molecule has 2 aromatic rings. The minimum atomic E-state index is -4.09. The number of hydrogen-bond donors (Lipinski definition) is 1. The molecule has 2 rings (SSSR count). The molecule has 0 saturated carbocycles. The van der Waals surface area contributed by atoms with Gasteiger partial charge in [0.15, 0.2) is 0 Å². The van der Waals surface area contributed by atoms with Gasteiger partial charge in [-0.1, -0.05) is 34.8 Å². The summed E-state index contributed by atoms with van der Waals surface area (Å²) < 4.78 is 27.9. The lowest BCUT2D eigenvalue weighted by molar-refractivity contribution is -0.385. The quantitative estimate of drug-likeness (QED) is 0.476. The second-order valence-electron chi connectivity index (χ2n) is 4.23. The molecule has 7 nitrogen and oxygen atoms in total. The first-order chi connectivity index (χ1) is 10.6. The number of nitrogens with zero attached hydrogens (tertiary/aromatic N) is 1. The van der Waals surface area contributed by atoms with Crippen molar-refractivity contribution in [3.05, 3.63) is 55.5 Å². The van der Waals surface area contributed by atoms with Gasteiger partial charge < -0.3 is 4.74 Å². The van der Waals surface area contributed by atoms with E-state index in [9.17, 15) is 18.5 Å². The summed E-state index contributed by atoms with van der Waals surface area (Å²) in [4.78, 5) is 9.88. The minimum absolute atomic E-state index is 0.0209. The van der Waals surface area contributed by atoms with Crippen molar-refractivity contribution in [2.24, 2.45) is 5.14 Å². The van der Waals surface area contributed by atoms with Gasteiger partial charge in [0.25, 0.3) is 0 Å². The Bertz CT molecular complexity index is 902. The molecule has 0 aliphatic rings. The molecular formula is C12H7Cl3N2O5S. The molecule has 11 heteroatoms. The summed E-state index contributed by atoms with van der Waals surface area (Å²) in [5.74, 6) is -0.213. The van der Waals surface area contributed by atoms with E-state index in [-0.39, 0.29) is 26.6 Å². The van der Waals surface area contributed by atoms with Crippen molar-refractivity contribution in [1.82, 2.24) is 0 Å². The van der Waals surface area contributed by atoms with E-state index in [1.165, 1.54) is 12.1 Å². The van der Waals surface area contributed by atoms with Gasteiger partial charge in [0.1, 0.15) is 5.75 Å². The normalized spacial score (nSPS) is 11.3. The van der Waals surface area contributed by atoms with Crippen LogP contribution in [-0.2, 0) is 10.0 Å². The maximum atomic E-state index is 11.3. The van der Waals surface area contributed by atoms with Crippen LogP contribution in [0.4, 0.5) is 5.69 Å². The number of nitro groups is 1. The highest BCUT2D eigenvalue weighted by atomic mass is 35.5. The van der Waals surface area contributed by atoms with Crippen LogP contribution in [0.2, 0.25) is 15.1 Å². The van der Waals surface area contributed by atoms with Gasteiger partial charge >= 0.3 is 5.69 Å². The molecule has 0 aromatic heterocycles. The number of halogens is 3. The lowest BCUT2D eigenvalue weighted by Crippen LogP contribution is -2.12. The second-order valence-corrected chi connectivity index (χ2v) is 7.01. The van der Waals surface area contributed by atoms with Crippen molar-refractivity contribution in [1.29, 1.82) is 0 Å². The number of nitro benzene ring substituents is 1. The van der Waals surface area contributed by atoms with Gasteiger partial charge in [-0.2, -0.15) is 0 Å². The topological polar surface area (TPSA) is 113 Å². The predicted molar refractivity (Wildman–Crippen MR) is 86.0 cm³/mol. The molecule has 0 saturated heterocycles. The lowest BCUT2D eigenvalue weighted by atomic mass is 10.3. The van der Waals surface area contributed by atoms with Crippen LogP contribution in [0.15, 0.2) is 35.2 Å². The van der Waals surface area contributed by atoms with Gasteiger partial charge in [0.05, 0.1) is 24.9 Å². The van der Waals surface area contributed by atoms with Gasteiger partial charge in [-0.05, 0) is 18.2 Å². The maximum absolute atomic E-state index is 11.3. The molecule has 0 amide bonds. The van der Waals surface area contributed by atoms with Crippen molar-refractivity contribution in [2.45, 2.75) is 4.90 Å².